The Bertz CT molecular complexity index is 578. The Morgan fingerprint density at radius 3 is 2.70 bits per heavy atom. The summed E-state index contributed by atoms with van der Waals surface area (Å²) in [4.78, 5) is 0. The number of aryl methyl sites for hydroxylation is 3. The Kier molecular flexibility index (Phi) is 5.24. The molecule has 4 heteroatoms. The van der Waals surface area contributed by atoms with Gasteiger partial charge < -0.3 is 4.74 Å². The fraction of sp³-hybridized carbons (Fsp3) is 0.438. The number of hydrogen-bond acceptors (Lipinski definition) is 2. The SMILES string of the molecule is CCc1cc(COc2ccc(C)cc2CBr)n(CC)n1. The molecule has 1 aromatic carbocycles. The van der Waals surface area contributed by atoms with Gasteiger partial charge in [-0.2, -0.15) is 5.10 Å². The Morgan fingerprint density at radius 2 is 2.05 bits per heavy atom. The van der Waals surface area contributed by atoms with Crippen molar-refractivity contribution >= 4 is 15.9 Å². The van der Waals surface area contributed by atoms with Crippen LogP contribution in [0.2, 0.25) is 0 Å². The number of nitrogens with zero attached hydrogens (tertiary/aromatic N) is 2. The first kappa shape index (κ1) is 15.1. The lowest BCUT2D eigenvalue weighted by molar-refractivity contribution is 0.290. The lowest BCUT2D eigenvalue weighted by Gasteiger charge is -2.11. The van der Waals surface area contributed by atoms with Crippen LogP contribution in [0.25, 0.3) is 0 Å². The Morgan fingerprint density at radius 1 is 1.25 bits per heavy atom. The van der Waals surface area contributed by atoms with Crippen LogP contribution in [0, 0.1) is 6.92 Å². The van der Waals surface area contributed by atoms with E-state index in [1.807, 2.05) is 10.7 Å². The predicted molar refractivity (Wildman–Crippen MR) is 85.4 cm³/mol. The van der Waals surface area contributed by atoms with Crippen LogP contribution in [0.3, 0.4) is 0 Å². The van der Waals surface area contributed by atoms with Crippen molar-refractivity contribution < 1.29 is 4.74 Å². The molecular formula is C16H21BrN2O. The summed E-state index contributed by atoms with van der Waals surface area (Å²) in [5.74, 6) is 0.939. The van der Waals surface area contributed by atoms with Gasteiger partial charge in [0.1, 0.15) is 12.4 Å². The summed E-state index contributed by atoms with van der Waals surface area (Å²) in [5, 5.41) is 5.35. The van der Waals surface area contributed by atoms with Crippen LogP contribution in [0.15, 0.2) is 24.3 Å². The minimum Gasteiger partial charge on any atom is -0.487 e. The van der Waals surface area contributed by atoms with E-state index in [9.17, 15) is 0 Å². The van der Waals surface area contributed by atoms with E-state index in [1.54, 1.807) is 0 Å². The zero-order valence-corrected chi connectivity index (χ0v) is 13.9. The summed E-state index contributed by atoms with van der Waals surface area (Å²) in [6.07, 6.45) is 0.956. The van der Waals surface area contributed by atoms with Crippen molar-refractivity contribution in [2.75, 3.05) is 0 Å². The molecule has 3 nitrogen and oxygen atoms in total. The Hall–Kier alpha value is -1.29. The summed E-state index contributed by atoms with van der Waals surface area (Å²) in [6, 6.07) is 8.40. The maximum absolute atomic E-state index is 5.98. The second-order valence-corrected chi connectivity index (χ2v) is 5.39. The van der Waals surface area contributed by atoms with Crippen molar-refractivity contribution in [2.45, 2.75) is 45.7 Å². The van der Waals surface area contributed by atoms with Gasteiger partial charge in [0.2, 0.25) is 0 Å². The third kappa shape index (κ3) is 3.42. The molecule has 0 aliphatic carbocycles. The van der Waals surface area contributed by atoms with Gasteiger partial charge in [-0.3, -0.25) is 4.68 Å². The third-order valence-corrected chi connectivity index (χ3v) is 3.92. The van der Waals surface area contributed by atoms with E-state index in [0.29, 0.717) is 6.61 Å². The van der Waals surface area contributed by atoms with Gasteiger partial charge in [0.15, 0.2) is 0 Å². The van der Waals surface area contributed by atoms with Crippen molar-refractivity contribution in [3.8, 4) is 5.75 Å². The van der Waals surface area contributed by atoms with E-state index < -0.39 is 0 Å². The van der Waals surface area contributed by atoms with Gasteiger partial charge >= 0.3 is 0 Å². The fourth-order valence-corrected chi connectivity index (χ4v) is 2.62. The van der Waals surface area contributed by atoms with Gasteiger partial charge in [-0.1, -0.05) is 40.5 Å². The normalized spacial score (nSPS) is 10.8. The molecule has 0 spiro atoms. The second kappa shape index (κ2) is 6.93. The highest BCUT2D eigenvalue weighted by Crippen LogP contribution is 2.23. The summed E-state index contributed by atoms with van der Waals surface area (Å²) in [5.41, 5.74) is 4.68. The first-order valence-electron chi connectivity index (χ1n) is 7.01. The molecule has 0 fully saturated rings. The van der Waals surface area contributed by atoms with Gasteiger partial charge in [0, 0.05) is 17.4 Å². The molecule has 0 unspecified atom stereocenters. The van der Waals surface area contributed by atoms with E-state index in [0.717, 1.165) is 35.4 Å². The number of alkyl halides is 1. The lowest BCUT2D eigenvalue weighted by Crippen LogP contribution is -2.06. The standard InChI is InChI=1S/C16H21BrN2O/c1-4-14-9-15(19(5-2)18-14)11-20-16-7-6-12(3)8-13(16)10-17/h6-9H,4-5,10-11H2,1-3H3. The maximum Gasteiger partial charge on any atom is 0.130 e. The van der Waals surface area contributed by atoms with Crippen LogP contribution in [-0.4, -0.2) is 9.78 Å². The van der Waals surface area contributed by atoms with Crippen LogP contribution in [0.1, 0.15) is 36.4 Å². The largest absolute Gasteiger partial charge is 0.487 e. The topological polar surface area (TPSA) is 27.1 Å². The maximum atomic E-state index is 5.98. The molecule has 1 aromatic heterocycles. The van der Waals surface area contributed by atoms with Crippen LogP contribution < -0.4 is 4.74 Å². The van der Waals surface area contributed by atoms with Gasteiger partial charge in [-0.25, -0.2) is 0 Å². The van der Waals surface area contributed by atoms with Crippen LogP contribution >= 0.6 is 15.9 Å². The van der Waals surface area contributed by atoms with Gasteiger partial charge in [0.05, 0.1) is 11.4 Å². The van der Waals surface area contributed by atoms with Crippen molar-refractivity contribution in [1.29, 1.82) is 0 Å². The van der Waals surface area contributed by atoms with E-state index in [1.165, 1.54) is 11.1 Å². The molecule has 0 amide bonds. The number of halogens is 1. The first-order chi connectivity index (χ1) is 9.67. The molecule has 0 aliphatic rings. The highest BCUT2D eigenvalue weighted by atomic mass is 79.9. The van der Waals surface area contributed by atoms with Crippen LogP contribution in [0.5, 0.6) is 5.75 Å². The number of hydrogen-bond donors (Lipinski definition) is 0. The number of aromatic nitrogens is 2. The van der Waals surface area contributed by atoms with Crippen LogP contribution in [-0.2, 0) is 24.9 Å². The third-order valence-electron chi connectivity index (χ3n) is 3.31. The van der Waals surface area contributed by atoms with E-state index in [4.69, 9.17) is 4.74 Å². The number of benzene rings is 1. The number of ether oxygens (including phenoxy) is 1. The molecule has 2 rings (SSSR count). The second-order valence-electron chi connectivity index (χ2n) is 4.83. The van der Waals surface area contributed by atoms with E-state index in [-0.39, 0.29) is 0 Å². The first-order valence-corrected chi connectivity index (χ1v) is 8.14. The van der Waals surface area contributed by atoms with Crippen molar-refractivity contribution in [2.24, 2.45) is 0 Å². The average Bonchev–Trinajstić information content (AvgIpc) is 2.88. The van der Waals surface area contributed by atoms with Crippen LogP contribution in [0.4, 0.5) is 0 Å². The summed E-state index contributed by atoms with van der Waals surface area (Å²) < 4.78 is 7.99. The summed E-state index contributed by atoms with van der Waals surface area (Å²) >= 11 is 3.51. The quantitative estimate of drug-likeness (QED) is 0.737. The monoisotopic (exact) mass is 336 g/mol. The smallest absolute Gasteiger partial charge is 0.130 e. The minimum atomic E-state index is 0.559. The highest BCUT2D eigenvalue weighted by Gasteiger charge is 2.08. The Labute approximate surface area is 129 Å². The minimum absolute atomic E-state index is 0.559. The van der Waals surface area contributed by atoms with Crippen molar-refractivity contribution in [3.05, 3.63) is 46.8 Å². The molecule has 1 heterocycles. The van der Waals surface area contributed by atoms with Gasteiger partial charge in [-0.15, -0.1) is 0 Å². The van der Waals surface area contributed by atoms with E-state index >= 15 is 0 Å². The molecule has 2 aromatic rings. The molecule has 0 saturated heterocycles. The summed E-state index contributed by atoms with van der Waals surface area (Å²) in [7, 11) is 0. The van der Waals surface area contributed by atoms with E-state index in [2.05, 4.69) is 60.0 Å². The fourth-order valence-electron chi connectivity index (χ4n) is 2.18. The predicted octanol–water partition coefficient (Wildman–Crippen LogP) is 4.25. The molecule has 0 aliphatic heterocycles. The Balaban J connectivity index is 2.14. The molecule has 0 N–H and O–H groups in total. The molecule has 20 heavy (non-hydrogen) atoms. The average molecular weight is 337 g/mol. The molecule has 0 atom stereocenters. The van der Waals surface area contributed by atoms with Gasteiger partial charge in [0.25, 0.3) is 0 Å². The number of rotatable bonds is 6. The zero-order valence-electron chi connectivity index (χ0n) is 12.3. The van der Waals surface area contributed by atoms with Crippen molar-refractivity contribution in [3.63, 3.8) is 0 Å². The molecule has 0 radical (unpaired) electrons. The molecule has 108 valence electrons. The van der Waals surface area contributed by atoms with Crippen molar-refractivity contribution in [1.82, 2.24) is 9.78 Å². The summed E-state index contributed by atoms with van der Waals surface area (Å²) in [6.45, 7) is 7.75. The zero-order chi connectivity index (χ0) is 14.5. The molecule has 0 saturated carbocycles. The van der Waals surface area contributed by atoms with Gasteiger partial charge in [-0.05, 0) is 32.4 Å². The lowest BCUT2D eigenvalue weighted by atomic mass is 10.1. The molecule has 0 bridgehead atoms. The molecular weight excluding hydrogens is 316 g/mol. The highest BCUT2D eigenvalue weighted by molar-refractivity contribution is 9.08.